The average Bonchev–Trinajstić information content (AvgIpc) is 2.65. The molecule has 0 aromatic heterocycles. The summed E-state index contributed by atoms with van der Waals surface area (Å²) in [6.07, 6.45) is 1.27. The van der Waals surface area contributed by atoms with E-state index < -0.39 is 8.32 Å². The van der Waals surface area contributed by atoms with Gasteiger partial charge in [0.2, 0.25) is 0 Å². The second-order valence-electron chi connectivity index (χ2n) is 8.96. The molecule has 1 heterocycles. The molecule has 1 aromatic rings. The van der Waals surface area contributed by atoms with Crippen LogP contribution in [0.4, 0.5) is 4.79 Å². The number of amides is 1. The van der Waals surface area contributed by atoms with Gasteiger partial charge in [0.15, 0.2) is 8.32 Å². The molecular weight excluding hydrogens is 358 g/mol. The molecule has 0 N–H and O–H groups in total. The van der Waals surface area contributed by atoms with Crippen LogP contribution in [0, 0.1) is 0 Å². The number of benzene rings is 1. The van der Waals surface area contributed by atoms with Crippen molar-refractivity contribution >= 4 is 14.4 Å². The van der Waals surface area contributed by atoms with Crippen molar-refractivity contribution < 1.29 is 18.7 Å². The summed E-state index contributed by atoms with van der Waals surface area (Å²) < 4.78 is 17.7. The molecule has 1 aromatic carbocycles. The van der Waals surface area contributed by atoms with Crippen LogP contribution < -0.4 is 0 Å². The first-order chi connectivity index (χ1) is 12.6. The summed E-state index contributed by atoms with van der Waals surface area (Å²) in [5.74, 6) is 0. The number of likely N-dealkylation sites (tertiary alicyclic amines) is 1. The van der Waals surface area contributed by atoms with Crippen molar-refractivity contribution in [3.8, 4) is 0 Å². The molecule has 1 aliphatic heterocycles. The zero-order valence-electron chi connectivity index (χ0n) is 17.7. The standard InChI is InChI=1S/C21H35NO4Si/c1-20(2,3)27(5,6)26-17-21(24-4)12-14-22(15-13-21)19(23)25-16-18-10-8-7-9-11-18/h7-11H,12-17H2,1-6H3. The van der Waals surface area contributed by atoms with E-state index in [9.17, 15) is 4.79 Å². The molecule has 0 spiro atoms. The molecule has 0 unspecified atom stereocenters. The third-order valence-corrected chi connectivity index (χ3v) is 10.6. The molecule has 0 atom stereocenters. The maximum atomic E-state index is 12.4. The summed E-state index contributed by atoms with van der Waals surface area (Å²) in [6.45, 7) is 13.4. The lowest BCUT2D eigenvalue weighted by Gasteiger charge is -2.44. The van der Waals surface area contributed by atoms with Gasteiger partial charge in [-0.25, -0.2) is 4.79 Å². The highest BCUT2D eigenvalue weighted by Gasteiger charge is 2.42. The Labute approximate surface area is 165 Å². The molecular formula is C21H35NO4Si. The highest BCUT2D eigenvalue weighted by Crippen LogP contribution is 2.38. The van der Waals surface area contributed by atoms with E-state index in [-0.39, 0.29) is 16.7 Å². The zero-order chi connectivity index (χ0) is 20.1. The van der Waals surface area contributed by atoms with E-state index in [1.807, 2.05) is 30.3 Å². The van der Waals surface area contributed by atoms with Crippen LogP contribution in [0.1, 0.15) is 39.2 Å². The molecule has 5 nitrogen and oxygen atoms in total. The Morgan fingerprint density at radius 2 is 1.74 bits per heavy atom. The van der Waals surface area contributed by atoms with Crippen LogP contribution >= 0.6 is 0 Å². The molecule has 1 fully saturated rings. The monoisotopic (exact) mass is 393 g/mol. The quantitative estimate of drug-likeness (QED) is 0.650. The minimum atomic E-state index is -1.83. The van der Waals surface area contributed by atoms with Crippen LogP contribution in [-0.4, -0.2) is 51.7 Å². The third-order valence-electron chi connectivity index (χ3n) is 6.07. The molecule has 1 saturated heterocycles. The summed E-state index contributed by atoms with van der Waals surface area (Å²) in [5.41, 5.74) is 0.683. The van der Waals surface area contributed by atoms with Gasteiger partial charge < -0.3 is 18.8 Å². The highest BCUT2D eigenvalue weighted by atomic mass is 28.4. The van der Waals surface area contributed by atoms with Gasteiger partial charge in [0.25, 0.3) is 0 Å². The SMILES string of the molecule is COC1(CO[Si](C)(C)C(C)(C)C)CCN(C(=O)OCc2ccccc2)CC1. The number of methoxy groups -OCH3 is 1. The van der Waals surface area contributed by atoms with E-state index in [0.717, 1.165) is 18.4 Å². The molecule has 0 radical (unpaired) electrons. The fraction of sp³-hybridized carbons (Fsp3) is 0.667. The number of nitrogens with zero attached hydrogens (tertiary/aromatic N) is 1. The van der Waals surface area contributed by atoms with Crippen LogP contribution in [0.2, 0.25) is 18.1 Å². The third kappa shape index (κ3) is 5.80. The molecule has 1 amide bonds. The topological polar surface area (TPSA) is 48.0 Å². The summed E-state index contributed by atoms with van der Waals surface area (Å²) in [6, 6.07) is 9.75. The van der Waals surface area contributed by atoms with Gasteiger partial charge in [-0.1, -0.05) is 51.1 Å². The molecule has 0 bridgehead atoms. The summed E-state index contributed by atoms with van der Waals surface area (Å²) >= 11 is 0. The number of carbonyl (C=O) groups is 1. The smallest absolute Gasteiger partial charge is 0.410 e. The lowest BCUT2D eigenvalue weighted by molar-refractivity contribution is -0.0834. The first kappa shape index (κ1) is 21.9. The Kier molecular flexibility index (Phi) is 7.11. The van der Waals surface area contributed by atoms with E-state index in [2.05, 4.69) is 33.9 Å². The first-order valence-corrected chi connectivity index (χ1v) is 12.6. The van der Waals surface area contributed by atoms with Crippen molar-refractivity contribution in [2.45, 2.75) is 64.0 Å². The second kappa shape index (κ2) is 8.75. The van der Waals surface area contributed by atoms with Gasteiger partial charge in [-0.15, -0.1) is 0 Å². The number of piperidine rings is 1. The van der Waals surface area contributed by atoms with Gasteiger partial charge in [0.05, 0.1) is 12.2 Å². The minimum absolute atomic E-state index is 0.171. The van der Waals surface area contributed by atoms with Crippen molar-refractivity contribution in [1.82, 2.24) is 4.90 Å². The maximum Gasteiger partial charge on any atom is 0.410 e. The lowest BCUT2D eigenvalue weighted by atomic mass is 9.92. The van der Waals surface area contributed by atoms with Crippen LogP contribution in [0.25, 0.3) is 0 Å². The molecule has 0 aliphatic carbocycles. The molecule has 1 aliphatic rings. The zero-order valence-corrected chi connectivity index (χ0v) is 18.7. The Balaban J connectivity index is 1.85. The highest BCUT2D eigenvalue weighted by molar-refractivity contribution is 6.74. The Morgan fingerprint density at radius 1 is 1.15 bits per heavy atom. The van der Waals surface area contributed by atoms with Crippen LogP contribution in [0.3, 0.4) is 0 Å². The van der Waals surface area contributed by atoms with Gasteiger partial charge in [-0.05, 0) is 36.5 Å². The van der Waals surface area contributed by atoms with Crippen LogP contribution in [0.15, 0.2) is 30.3 Å². The van der Waals surface area contributed by atoms with Gasteiger partial charge in [-0.2, -0.15) is 0 Å². The van der Waals surface area contributed by atoms with Crippen LogP contribution in [-0.2, 0) is 20.5 Å². The predicted molar refractivity (Wildman–Crippen MR) is 110 cm³/mol. The van der Waals surface area contributed by atoms with Gasteiger partial charge in [-0.3, -0.25) is 0 Å². The summed E-state index contributed by atoms with van der Waals surface area (Å²) in [4.78, 5) is 14.1. The van der Waals surface area contributed by atoms with Crippen molar-refractivity contribution in [3.63, 3.8) is 0 Å². The van der Waals surface area contributed by atoms with E-state index in [4.69, 9.17) is 13.9 Å². The number of hydrogen-bond acceptors (Lipinski definition) is 4. The minimum Gasteiger partial charge on any atom is -0.445 e. The Bertz CT molecular complexity index is 604. The number of hydrogen-bond donors (Lipinski definition) is 0. The van der Waals surface area contributed by atoms with Crippen LogP contribution in [0.5, 0.6) is 0 Å². The van der Waals surface area contributed by atoms with Crippen molar-refractivity contribution in [1.29, 1.82) is 0 Å². The second-order valence-corrected chi connectivity index (χ2v) is 13.8. The Hall–Kier alpha value is -1.37. The van der Waals surface area contributed by atoms with Gasteiger partial charge >= 0.3 is 6.09 Å². The van der Waals surface area contributed by atoms with Crippen molar-refractivity contribution in [2.75, 3.05) is 26.8 Å². The Morgan fingerprint density at radius 3 is 2.26 bits per heavy atom. The molecule has 6 heteroatoms. The fourth-order valence-corrected chi connectivity index (χ4v) is 3.90. The summed E-state index contributed by atoms with van der Waals surface area (Å²) in [5, 5.41) is 0.171. The normalized spacial score (nSPS) is 17.6. The molecule has 0 saturated carbocycles. The average molecular weight is 394 g/mol. The fourth-order valence-electron chi connectivity index (χ4n) is 2.84. The molecule has 27 heavy (non-hydrogen) atoms. The van der Waals surface area contributed by atoms with E-state index in [0.29, 0.717) is 26.3 Å². The predicted octanol–water partition coefficient (Wildman–Crippen LogP) is 4.83. The van der Waals surface area contributed by atoms with E-state index in [1.165, 1.54) is 0 Å². The molecule has 2 rings (SSSR count). The lowest BCUT2D eigenvalue weighted by Crippen LogP contribution is -2.53. The number of ether oxygens (including phenoxy) is 2. The number of rotatable bonds is 6. The summed E-state index contributed by atoms with van der Waals surface area (Å²) in [7, 11) is -0.0780. The largest absolute Gasteiger partial charge is 0.445 e. The van der Waals surface area contributed by atoms with Crippen molar-refractivity contribution in [2.24, 2.45) is 0 Å². The maximum absolute atomic E-state index is 12.4. The number of carbonyl (C=O) groups excluding carboxylic acids is 1. The first-order valence-electron chi connectivity index (χ1n) is 9.73. The van der Waals surface area contributed by atoms with Crippen molar-refractivity contribution in [3.05, 3.63) is 35.9 Å². The molecule has 152 valence electrons. The van der Waals surface area contributed by atoms with Gasteiger partial charge in [0.1, 0.15) is 6.61 Å². The van der Waals surface area contributed by atoms with Gasteiger partial charge in [0, 0.05) is 20.2 Å². The van der Waals surface area contributed by atoms with E-state index in [1.54, 1.807) is 12.0 Å². The van der Waals surface area contributed by atoms with E-state index >= 15 is 0 Å².